The molecule has 0 radical (unpaired) electrons. The van der Waals surface area contributed by atoms with Crippen molar-refractivity contribution in [1.82, 2.24) is 9.88 Å². The van der Waals surface area contributed by atoms with Gasteiger partial charge in [0.25, 0.3) is 0 Å². The van der Waals surface area contributed by atoms with Gasteiger partial charge in [0.15, 0.2) is 0 Å². The van der Waals surface area contributed by atoms with Crippen LogP contribution in [0.1, 0.15) is 5.56 Å². The first-order chi connectivity index (χ1) is 8.84. The van der Waals surface area contributed by atoms with Gasteiger partial charge in [0, 0.05) is 30.2 Å². The van der Waals surface area contributed by atoms with Gasteiger partial charge in [-0.05, 0) is 24.3 Å². The van der Waals surface area contributed by atoms with Crippen molar-refractivity contribution in [2.75, 3.05) is 26.3 Å². The van der Waals surface area contributed by atoms with Crippen LogP contribution in [0.2, 0.25) is 0 Å². The maximum atomic E-state index is 8.25. The molecule has 1 saturated heterocycles. The Morgan fingerprint density at radius 2 is 2.06 bits per heavy atom. The molecule has 0 unspecified atom stereocenters. The molecule has 1 aliphatic rings. The molecule has 1 aliphatic heterocycles. The van der Waals surface area contributed by atoms with Gasteiger partial charge in [-0.3, -0.25) is 10.4 Å². The third-order valence-electron chi connectivity index (χ3n) is 3.20. The molecule has 4 heteroatoms. The van der Waals surface area contributed by atoms with Gasteiger partial charge in [0.1, 0.15) is 5.84 Å². The third kappa shape index (κ3) is 2.07. The number of aromatic nitrogens is 1. The lowest BCUT2D eigenvalue weighted by atomic mass is 10.1. The summed E-state index contributed by atoms with van der Waals surface area (Å²) in [4.78, 5) is 6.35. The number of hydrogen-bond acceptors (Lipinski definition) is 3. The Bertz CT molecular complexity index is 576. The van der Waals surface area contributed by atoms with E-state index in [1.165, 1.54) is 0 Å². The molecule has 1 aromatic heterocycles. The van der Waals surface area contributed by atoms with Crippen LogP contribution in [0.25, 0.3) is 10.9 Å². The summed E-state index contributed by atoms with van der Waals surface area (Å²) in [6.07, 6.45) is 1.79. The normalized spacial score (nSPS) is 15.9. The average Bonchev–Trinajstić information content (AvgIpc) is 2.47. The van der Waals surface area contributed by atoms with Crippen LogP contribution in [0.4, 0.5) is 0 Å². The molecular weight excluding hydrogens is 226 g/mol. The number of nitrogens with one attached hydrogen (secondary N) is 1. The molecule has 18 heavy (non-hydrogen) atoms. The van der Waals surface area contributed by atoms with Gasteiger partial charge in [-0.2, -0.15) is 0 Å². The fourth-order valence-electron chi connectivity index (χ4n) is 2.19. The average molecular weight is 241 g/mol. The number of rotatable bonds is 1. The highest BCUT2D eigenvalue weighted by Gasteiger charge is 2.15. The predicted octanol–water partition coefficient (Wildman–Crippen LogP) is 1.89. The summed E-state index contributed by atoms with van der Waals surface area (Å²) in [7, 11) is 0. The topological polar surface area (TPSA) is 49.2 Å². The van der Waals surface area contributed by atoms with E-state index in [1.54, 1.807) is 6.20 Å². The van der Waals surface area contributed by atoms with Crippen LogP contribution >= 0.6 is 0 Å². The fraction of sp³-hybridized carbons (Fsp3) is 0.286. The van der Waals surface area contributed by atoms with E-state index >= 15 is 0 Å². The van der Waals surface area contributed by atoms with Gasteiger partial charge in [0.05, 0.1) is 18.7 Å². The number of pyridine rings is 1. The minimum atomic E-state index is 0.573. The summed E-state index contributed by atoms with van der Waals surface area (Å²) >= 11 is 0. The Balaban J connectivity index is 1.91. The summed E-state index contributed by atoms with van der Waals surface area (Å²) in [5.74, 6) is 0.573. The van der Waals surface area contributed by atoms with Crippen molar-refractivity contribution < 1.29 is 4.74 Å². The molecule has 0 amide bonds. The summed E-state index contributed by atoms with van der Waals surface area (Å²) in [5.41, 5.74) is 1.91. The fourth-order valence-corrected chi connectivity index (χ4v) is 2.19. The highest BCUT2D eigenvalue weighted by atomic mass is 16.5. The maximum absolute atomic E-state index is 8.25. The molecule has 1 aromatic carbocycles. The third-order valence-corrected chi connectivity index (χ3v) is 3.20. The molecule has 0 saturated carbocycles. The zero-order valence-electron chi connectivity index (χ0n) is 10.1. The monoisotopic (exact) mass is 241 g/mol. The number of fused-ring (bicyclic) bond motifs is 1. The Morgan fingerprint density at radius 1 is 1.22 bits per heavy atom. The van der Waals surface area contributed by atoms with E-state index in [4.69, 9.17) is 10.1 Å². The van der Waals surface area contributed by atoms with Crippen LogP contribution in [0.3, 0.4) is 0 Å². The van der Waals surface area contributed by atoms with Crippen molar-refractivity contribution in [2.45, 2.75) is 0 Å². The molecular formula is C14H15N3O. The second-order valence-electron chi connectivity index (χ2n) is 4.36. The number of amidine groups is 1. The molecule has 1 N–H and O–H groups in total. The van der Waals surface area contributed by atoms with Crippen molar-refractivity contribution in [3.63, 3.8) is 0 Å². The highest BCUT2D eigenvalue weighted by Crippen LogP contribution is 2.15. The van der Waals surface area contributed by atoms with E-state index in [1.807, 2.05) is 30.3 Å². The molecule has 4 nitrogen and oxygen atoms in total. The molecule has 0 aliphatic carbocycles. The van der Waals surface area contributed by atoms with Crippen molar-refractivity contribution in [2.24, 2.45) is 0 Å². The number of hydrogen-bond donors (Lipinski definition) is 1. The quantitative estimate of drug-likeness (QED) is 0.612. The van der Waals surface area contributed by atoms with Crippen molar-refractivity contribution >= 4 is 16.7 Å². The molecule has 0 atom stereocenters. The lowest BCUT2D eigenvalue weighted by Gasteiger charge is -2.29. The van der Waals surface area contributed by atoms with Crippen LogP contribution in [0.5, 0.6) is 0 Å². The van der Waals surface area contributed by atoms with Gasteiger partial charge in [-0.15, -0.1) is 0 Å². The zero-order chi connectivity index (χ0) is 12.4. The summed E-state index contributed by atoms with van der Waals surface area (Å²) in [6.45, 7) is 3.00. The standard InChI is InChI=1S/C14H15N3O/c15-14(17-6-8-18-9-7-17)12-3-4-13-11(10-12)2-1-5-16-13/h1-5,10,15H,6-9H2. The first kappa shape index (κ1) is 11.2. The van der Waals surface area contributed by atoms with Crippen LogP contribution in [0.15, 0.2) is 36.5 Å². The Hall–Kier alpha value is -1.94. The molecule has 3 rings (SSSR count). The first-order valence-electron chi connectivity index (χ1n) is 6.11. The number of benzene rings is 1. The molecule has 0 bridgehead atoms. The molecule has 92 valence electrons. The Labute approximate surface area is 106 Å². The minimum Gasteiger partial charge on any atom is -0.378 e. The Morgan fingerprint density at radius 3 is 2.89 bits per heavy atom. The van der Waals surface area contributed by atoms with E-state index in [-0.39, 0.29) is 0 Å². The van der Waals surface area contributed by atoms with Gasteiger partial charge in [-0.1, -0.05) is 6.07 Å². The number of morpholine rings is 1. The zero-order valence-corrected chi connectivity index (χ0v) is 10.1. The Kier molecular flexibility index (Phi) is 2.94. The predicted molar refractivity (Wildman–Crippen MR) is 71.0 cm³/mol. The van der Waals surface area contributed by atoms with Crippen molar-refractivity contribution in [3.8, 4) is 0 Å². The lowest BCUT2D eigenvalue weighted by Crippen LogP contribution is -2.40. The van der Waals surface area contributed by atoms with Gasteiger partial charge >= 0.3 is 0 Å². The van der Waals surface area contributed by atoms with E-state index < -0.39 is 0 Å². The van der Waals surface area contributed by atoms with Gasteiger partial charge in [0.2, 0.25) is 0 Å². The molecule has 2 heterocycles. The largest absolute Gasteiger partial charge is 0.378 e. The van der Waals surface area contributed by atoms with E-state index in [0.717, 1.165) is 29.6 Å². The summed E-state index contributed by atoms with van der Waals surface area (Å²) in [6, 6.07) is 9.91. The van der Waals surface area contributed by atoms with Crippen molar-refractivity contribution in [1.29, 1.82) is 5.41 Å². The van der Waals surface area contributed by atoms with E-state index in [0.29, 0.717) is 19.0 Å². The number of nitrogens with zero attached hydrogens (tertiary/aromatic N) is 2. The SMILES string of the molecule is N=C(c1ccc2ncccc2c1)N1CCOCC1. The first-order valence-corrected chi connectivity index (χ1v) is 6.11. The molecule has 0 spiro atoms. The highest BCUT2D eigenvalue weighted by molar-refractivity contribution is 5.99. The van der Waals surface area contributed by atoms with E-state index in [9.17, 15) is 0 Å². The maximum Gasteiger partial charge on any atom is 0.128 e. The van der Waals surface area contributed by atoms with Crippen LogP contribution in [-0.2, 0) is 4.74 Å². The van der Waals surface area contributed by atoms with Crippen LogP contribution in [0, 0.1) is 5.41 Å². The molecule has 2 aromatic rings. The van der Waals surface area contributed by atoms with Crippen molar-refractivity contribution in [3.05, 3.63) is 42.1 Å². The number of ether oxygens (including phenoxy) is 1. The van der Waals surface area contributed by atoms with Crippen LogP contribution in [-0.4, -0.2) is 42.0 Å². The van der Waals surface area contributed by atoms with E-state index in [2.05, 4.69) is 9.88 Å². The van der Waals surface area contributed by atoms with Crippen LogP contribution < -0.4 is 0 Å². The molecule has 1 fully saturated rings. The summed E-state index contributed by atoms with van der Waals surface area (Å²) in [5, 5.41) is 9.33. The smallest absolute Gasteiger partial charge is 0.128 e. The minimum absolute atomic E-state index is 0.573. The van der Waals surface area contributed by atoms with Gasteiger partial charge in [-0.25, -0.2) is 0 Å². The summed E-state index contributed by atoms with van der Waals surface area (Å²) < 4.78 is 5.31. The second-order valence-corrected chi connectivity index (χ2v) is 4.36. The second kappa shape index (κ2) is 4.74. The lowest BCUT2D eigenvalue weighted by molar-refractivity contribution is 0.0680. The van der Waals surface area contributed by atoms with Gasteiger partial charge < -0.3 is 9.64 Å².